The molecule has 1 aromatic rings. The number of rotatable bonds is 1. The van der Waals surface area contributed by atoms with Crippen molar-refractivity contribution in [2.45, 2.75) is 19.3 Å². The monoisotopic (exact) mass is 422 g/mol. The molecule has 11 N–H and O–H groups in total. The van der Waals surface area contributed by atoms with Crippen LogP contribution in [-0.4, -0.2) is 45.6 Å². The third-order valence-corrected chi connectivity index (χ3v) is 1.70. The zero-order valence-corrected chi connectivity index (χ0v) is 13.9. The fraction of sp³-hybridized carbons (Fsp3) is 0.400. The van der Waals surface area contributed by atoms with Gasteiger partial charge >= 0.3 is 18.3 Å². The van der Waals surface area contributed by atoms with Gasteiger partial charge in [0.2, 0.25) is 17.7 Å². The number of hydrogen-bond acceptors (Lipinski definition) is 9. The third kappa shape index (κ3) is 13.7. The Hall–Kier alpha value is -3.60. The maximum Gasteiger partial charge on any atom is 0.490 e. The Morgan fingerprint density at radius 1 is 1.00 bits per heavy atom. The van der Waals surface area contributed by atoms with Crippen LogP contribution in [0.2, 0.25) is 0 Å². The number of nitrogens with one attached hydrogen (secondary N) is 3. The van der Waals surface area contributed by atoms with Crippen molar-refractivity contribution >= 4 is 29.8 Å². The van der Waals surface area contributed by atoms with Crippen molar-refractivity contribution in [1.29, 1.82) is 10.8 Å². The van der Waals surface area contributed by atoms with Gasteiger partial charge in [0.25, 0.3) is 0 Å². The van der Waals surface area contributed by atoms with E-state index < -0.39 is 36.0 Å². The molecule has 0 fully saturated rings. The van der Waals surface area contributed by atoms with E-state index in [0.717, 1.165) is 0 Å². The third-order valence-electron chi connectivity index (χ3n) is 1.70. The van der Waals surface area contributed by atoms with Crippen molar-refractivity contribution in [3.63, 3.8) is 0 Å². The number of anilines is 2. The van der Waals surface area contributed by atoms with Crippen LogP contribution in [0.4, 0.5) is 38.2 Å². The molecular formula is C10H16F6N10O2. The first-order valence-electron chi connectivity index (χ1n) is 6.53. The Morgan fingerprint density at radius 2 is 1.39 bits per heavy atom. The lowest BCUT2D eigenvalue weighted by Gasteiger charge is -2.04. The van der Waals surface area contributed by atoms with Gasteiger partial charge in [-0.15, -0.1) is 0 Å². The standard InChI is InChI=1S/C4H4F3N5.C4H5F3O2.C2H7N5/c5-4(6,7)1-10-2(8)12-3(9)11-1;1-2-9-3(8)4(5,6)7;3-1(4)7-2(5)6/h(H4,8,9,10,11,12);2H2,1H3;(H7,3,4,5,6,7). The van der Waals surface area contributed by atoms with Crippen molar-refractivity contribution in [2.75, 3.05) is 18.1 Å². The number of carbonyl (C=O) groups excluding carboxylic acids is 1. The highest BCUT2D eigenvalue weighted by Gasteiger charge is 2.40. The molecule has 0 amide bonds. The molecule has 0 unspecified atom stereocenters. The summed E-state index contributed by atoms with van der Waals surface area (Å²) in [6.07, 6.45) is -9.50. The summed E-state index contributed by atoms with van der Waals surface area (Å²) in [6, 6.07) is 0. The molecule has 0 radical (unpaired) electrons. The van der Waals surface area contributed by atoms with Crippen LogP contribution in [0, 0.1) is 10.8 Å². The molecule has 1 aromatic heterocycles. The average Bonchev–Trinajstić information content (AvgIpc) is 2.44. The second kappa shape index (κ2) is 11.2. The molecule has 0 spiro atoms. The molecule has 1 heterocycles. The van der Waals surface area contributed by atoms with Gasteiger partial charge in [0.1, 0.15) is 0 Å². The second-order valence-corrected chi connectivity index (χ2v) is 4.04. The van der Waals surface area contributed by atoms with Crippen LogP contribution in [0.1, 0.15) is 12.7 Å². The molecule has 160 valence electrons. The first kappa shape index (κ1) is 26.6. The van der Waals surface area contributed by atoms with Crippen molar-refractivity contribution in [1.82, 2.24) is 20.3 Å². The van der Waals surface area contributed by atoms with Crippen LogP contribution in [0.5, 0.6) is 0 Å². The fourth-order valence-corrected chi connectivity index (χ4v) is 0.894. The predicted octanol–water partition coefficient (Wildman–Crippen LogP) is -0.470. The van der Waals surface area contributed by atoms with Crippen LogP contribution < -0.4 is 28.3 Å². The van der Waals surface area contributed by atoms with E-state index in [1.54, 1.807) is 0 Å². The minimum Gasteiger partial charge on any atom is -0.459 e. The van der Waals surface area contributed by atoms with E-state index in [1.807, 2.05) is 5.32 Å². The van der Waals surface area contributed by atoms with Crippen LogP contribution in [0.25, 0.3) is 0 Å². The van der Waals surface area contributed by atoms with E-state index in [4.69, 9.17) is 33.8 Å². The van der Waals surface area contributed by atoms with Gasteiger partial charge in [0.15, 0.2) is 11.9 Å². The molecular weight excluding hydrogens is 406 g/mol. The molecule has 0 aromatic carbocycles. The molecule has 28 heavy (non-hydrogen) atoms. The smallest absolute Gasteiger partial charge is 0.459 e. The molecule has 0 aliphatic rings. The molecule has 0 saturated heterocycles. The highest BCUT2D eigenvalue weighted by Crippen LogP contribution is 2.26. The Morgan fingerprint density at radius 3 is 1.57 bits per heavy atom. The summed E-state index contributed by atoms with van der Waals surface area (Å²) < 4.78 is 72.8. The molecule has 0 aliphatic heterocycles. The summed E-state index contributed by atoms with van der Waals surface area (Å²) in [5.41, 5.74) is 19.3. The number of alkyl halides is 6. The zero-order chi connectivity index (χ0) is 22.7. The molecule has 1 rings (SSSR count). The van der Waals surface area contributed by atoms with Crippen molar-refractivity contribution in [2.24, 2.45) is 11.5 Å². The Kier molecular flexibility index (Phi) is 10.6. The van der Waals surface area contributed by atoms with Gasteiger partial charge in [0.05, 0.1) is 6.61 Å². The van der Waals surface area contributed by atoms with Gasteiger partial charge in [-0.1, -0.05) is 0 Å². The zero-order valence-electron chi connectivity index (χ0n) is 13.9. The summed E-state index contributed by atoms with van der Waals surface area (Å²) in [5, 5.41) is 15.0. The molecule has 12 nitrogen and oxygen atoms in total. The summed E-state index contributed by atoms with van der Waals surface area (Å²) >= 11 is 0. The van der Waals surface area contributed by atoms with Gasteiger partial charge < -0.3 is 27.7 Å². The van der Waals surface area contributed by atoms with Gasteiger partial charge in [-0.2, -0.15) is 41.3 Å². The van der Waals surface area contributed by atoms with Gasteiger partial charge in [0, 0.05) is 0 Å². The number of aromatic nitrogens is 3. The van der Waals surface area contributed by atoms with Crippen LogP contribution >= 0.6 is 0 Å². The lowest BCUT2D eigenvalue weighted by Crippen LogP contribution is -2.39. The quantitative estimate of drug-likeness (QED) is 0.133. The Balaban J connectivity index is 0. The minimum absolute atomic E-state index is 0.252. The lowest BCUT2D eigenvalue weighted by molar-refractivity contribution is -0.199. The largest absolute Gasteiger partial charge is 0.490 e. The van der Waals surface area contributed by atoms with Crippen molar-refractivity contribution < 1.29 is 35.9 Å². The van der Waals surface area contributed by atoms with E-state index in [-0.39, 0.29) is 18.5 Å². The van der Waals surface area contributed by atoms with E-state index in [1.165, 1.54) is 6.92 Å². The van der Waals surface area contributed by atoms with Gasteiger partial charge in [-0.3, -0.25) is 16.1 Å². The van der Waals surface area contributed by atoms with Crippen molar-refractivity contribution in [3.8, 4) is 0 Å². The van der Waals surface area contributed by atoms with E-state index >= 15 is 0 Å². The molecule has 18 heteroatoms. The summed E-state index contributed by atoms with van der Waals surface area (Å²) in [6.45, 7) is 1.06. The van der Waals surface area contributed by atoms with E-state index in [9.17, 15) is 31.1 Å². The normalized spacial score (nSPS) is 10.4. The number of nitrogens with two attached hydrogens (primary N) is 4. The van der Waals surface area contributed by atoms with E-state index in [2.05, 4.69) is 19.7 Å². The van der Waals surface area contributed by atoms with E-state index in [0.29, 0.717) is 0 Å². The first-order valence-corrected chi connectivity index (χ1v) is 6.53. The number of nitrogen functional groups attached to an aromatic ring is 2. The summed E-state index contributed by atoms with van der Waals surface area (Å²) in [4.78, 5) is 18.6. The first-order chi connectivity index (χ1) is 12.5. The van der Waals surface area contributed by atoms with Gasteiger partial charge in [-0.05, 0) is 6.92 Å². The van der Waals surface area contributed by atoms with Crippen LogP contribution in [-0.2, 0) is 15.7 Å². The number of carbonyl (C=O) groups is 1. The SMILES string of the molecule is CCOC(=O)C(F)(F)F.N=C(N)NC(=N)N.Nc1nc(N)nc(C(F)(F)F)n1. The number of ether oxygens (including phenoxy) is 1. The minimum atomic E-state index is -4.85. The van der Waals surface area contributed by atoms with Crippen molar-refractivity contribution in [3.05, 3.63) is 5.82 Å². The number of guanidine groups is 2. The number of nitrogens with zero attached hydrogens (tertiary/aromatic N) is 3. The topological polar surface area (TPSA) is 229 Å². The molecule has 0 atom stereocenters. The van der Waals surface area contributed by atoms with Gasteiger partial charge in [-0.25, -0.2) is 4.79 Å². The Labute approximate surface area is 152 Å². The fourth-order valence-electron chi connectivity index (χ4n) is 0.894. The highest BCUT2D eigenvalue weighted by molar-refractivity contribution is 5.93. The number of halogens is 6. The maximum atomic E-state index is 11.9. The summed E-state index contributed by atoms with van der Waals surface area (Å²) in [7, 11) is 0. The molecule has 0 aliphatic carbocycles. The van der Waals surface area contributed by atoms with Crippen LogP contribution in [0.15, 0.2) is 0 Å². The second-order valence-electron chi connectivity index (χ2n) is 4.04. The van der Waals surface area contributed by atoms with Crippen LogP contribution in [0.3, 0.4) is 0 Å². The number of hydrogen-bond donors (Lipinski definition) is 7. The lowest BCUT2D eigenvalue weighted by atomic mass is 10.6. The Bertz CT molecular complexity index is 645. The maximum absolute atomic E-state index is 11.9. The summed E-state index contributed by atoms with van der Waals surface area (Å²) in [5.74, 6) is -5.23. The number of esters is 1. The molecule has 0 bridgehead atoms. The average molecular weight is 422 g/mol. The highest BCUT2D eigenvalue weighted by atomic mass is 19.4. The molecule has 0 saturated carbocycles. The predicted molar refractivity (Wildman–Crippen MR) is 83.3 cm³/mol.